The summed E-state index contributed by atoms with van der Waals surface area (Å²) < 4.78 is 14.8. The van der Waals surface area contributed by atoms with Crippen LogP contribution in [-0.2, 0) is 0 Å². The van der Waals surface area contributed by atoms with Crippen LogP contribution in [-0.4, -0.2) is 51.0 Å². The molecule has 0 amide bonds. The predicted molar refractivity (Wildman–Crippen MR) is 91.1 cm³/mol. The van der Waals surface area contributed by atoms with Crippen LogP contribution in [0.5, 0.6) is 0 Å². The highest BCUT2D eigenvalue weighted by Gasteiger charge is 2.41. The van der Waals surface area contributed by atoms with Gasteiger partial charge in [0.15, 0.2) is 11.5 Å². The topological polar surface area (TPSA) is 62.5 Å². The first-order valence-corrected chi connectivity index (χ1v) is 8.48. The average Bonchev–Trinajstić information content (AvgIpc) is 3.29. The summed E-state index contributed by atoms with van der Waals surface area (Å²) in [7, 11) is 0. The van der Waals surface area contributed by atoms with E-state index in [0.717, 1.165) is 49.3 Å². The lowest BCUT2D eigenvalue weighted by atomic mass is 10.0. The SMILES string of the molecule is Cc1nnc2ccc(N3CC4CN(c5ccc(F)cn5)CC4C3)nn12. The quantitative estimate of drug-likeness (QED) is 0.706. The second-order valence-electron chi connectivity index (χ2n) is 6.87. The molecular formula is C17H18FN7. The molecule has 2 aliphatic heterocycles. The number of halogens is 1. The van der Waals surface area contributed by atoms with Gasteiger partial charge in [-0.25, -0.2) is 9.37 Å². The number of anilines is 2. The van der Waals surface area contributed by atoms with Crippen molar-refractivity contribution < 1.29 is 4.39 Å². The van der Waals surface area contributed by atoms with Gasteiger partial charge >= 0.3 is 0 Å². The van der Waals surface area contributed by atoms with Crippen LogP contribution in [0.15, 0.2) is 30.5 Å². The number of fused-ring (bicyclic) bond motifs is 2. The summed E-state index contributed by atoms with van der Waals surface area (Å²) in [6, 6.07) is 7.22. The van der Waals surface area contributed by atoms with Gasteiger partial charge in [-0.1, -0.05) is 0 Å². The largest absolute Gasteiger partial charge is 0.356 e. The third-order valence-corrected chi connectivity index (χ3v) is 5.25. The Labute approximate surface area is 144 Å². The first-order chi connectivity index (χ1) is 12.2. The van der Waals surface area contributed by atoms with Crippen LogP contribution in [0.25, 0.3) is 5.65 Å². The summed E-state index contributed by atoms with van der Waals surface area (Å²) in [6.45, 7) is 5.76. The lowest BCUT2D eigenvalue weighted by Gasteiger charge is -2.23. The maximum Gasteiger partial charge on any atom is 0.178 e. The lowest BCUT2D eigenvalue weighted by Crippen LogP contribution is -2.29. The Balaban J connectivity index is 1.33. The molecule has 5 rings (SSSR count). The van der Waals surface area contributed by atoms with Crippen LogP contribution < -0.4 is 9.80 Å². The molecule has 0 aromatic carbocycles. The highest BCUT2D eigenvalue weighted by molar-refractivity contribution is 5.48. The molecule has 5 heterocycles. The summed E-state index contributed by atoms with van der Waals surface area (Å²) in [6.07, 6.45) is 1.29. The Morgan fingerprint density at radius 3 is 2.28 bits per heavy atom. The molecule has 2 aliphatic rings. The van der Waals surface area contributed by atoms with Crippen molar-refractivity contribution in [3.63, 3.8) is 0 Å². The van der Waals surface area contributed by atoms with E-state index in [1.165, 1.54) is 12.3 Å². The summed E-state index contributed by atoms with van der Waals surface area (Å²) in [5.41, 5.74) is 0.772. The van der Waals surface area contributed by atoms with Crippen LogP contribution in [0.1, 0.15) is 5.82 Å². The molecule has 0 bridgehead atoms. The van der Waals surface area contributed by atoms with Gasteiger partial charge in [0, 0.05) is 38.0 Å². The molecular weight excluding hydrogens is 321 g/mol. The van der Waals surface area contributed by atoms with Gasteiger partial charge in [-0.3, -0.25) is 0 Å². The molecule has 25 heavy (non-hydrogen) atoms. The number of aromatic nitrogens is 5. The van der Waals surface area contributed by atoms with Crippen molar-refractivity contribution in [3.05, 3.63) is 42.1 Å². The van der Waals surface area contributed by atoms with E-state index in [9.17, 15) is 4.39 Å². The summed E-state index contributed by atoms with van der Waals surface area (Å²) in [5, 5.41) is 12.8. The van der Waals surface area contributed by atoms with Gasteiger partial charge in [0.1, 0.15) is 17.5 Å². The van der Waals surface area contributed by atoms with Gasteiger partial charge in [0.25, 0.3) is 0 Å². The summed E-state index contributed by atoms with van der Waals surface area (Å²) in [5.74, 6) is 3.49. The molecule has 2 unspecified atom stereocenters. The fourth-order valence-electron chi connectivity index (χ4n) is 3.98. The Bertz CT molecular complexity index is 908. The second-order valence-corrected chi connectivity index (χ2v) is 6.87. The molecule has 0 saturated carbocycles. The fourth-order valence-corrected chi connectivity index (χ4v) is 3.98. The molecule has 0 aliphatic carbocycles. The minimum atomic E-state index is -0.292. The summed E-state index contributed by atoms with van der Waals surface area (Å²) in [4.78, 5) is 8.80. The van der Waals surface area contributed by atoms with E-state index in [1.807, 2.05) is 19.1 Å². The smallest absolute Gasteiger partial charge is 0.178 e. The molecule has 3 aromatic rings. The second kappa shape index (κ2) is 5.37. The van der Waals surface area contributed by atoms with Crippen LogP contribution in [0.2, 0.25) is 0 Å². The number of hydrogen-bond acceptors (Lipinski definition) is 6. The lowest BCUT2D eigenvalue weighted by molar-refractivity contribution is 0.533. The zero-order valence-electron chi connectivity index (χ0n) is 13.9. The van der Waals surface area contributed by atoms with Crippen LogP contribution in [0.3, 0.4) is 0 Å². The van der Waals surface area contributed by atoms with Crippen LogP contribution >= 0.6 is 0 Å². The molecule has 0 N–H and O–H groups in total. The van der Waals surface area contributed by atoms with E-state index in [1.54, 1.807) is 10.6 Å². The molecule has 0 radical (unpaired) electrons. The number of hydrogen-bond donors (Lipinski definition) is 0. The zero-order valence-corrected chi connectivity index (χ0v) is 13.9. The van der Waals surface area contributed by atoms with Gasteiger partial charge in [-0.05, 0) is 31.2 Å². The Morgan fingerprint density at radius 2 is 1.60 bits per heavy atom. The van der Waals surface area contributed by atoms with Gasteiger partial charge in [0.05, 0.1) is 6.20 Å². The highest BCUT2D eigenvalue weighted by atomic mass is 19.1. The van der Waals surface area contributed by atoms with E-state index in [2.05, 4.69) is 30.1 Å². The van der Waals surface area contributed by atoms with Crippen LogP contribution in [0, 0.1) is 24.6 Å². The Hall–Kier alpha value is -2.77. The molecule has 2 saturated heterocycles. The van der Waals surface area contributed by atoms with E-state index in [4.69, 9.17) is 0 Å². The van der Waals surface area contributed by atoms with Crippen molar-refractivity contribution in [2.45, 2.75) is 6.92 Å². The van der Waals surface area contributed by atoms with Gasteiger partial charge in [0.2, 0.25) is 0 Å². The molecule has 0 spiro atoms. The highest BCUT2D eigenvalue weighted by Crippen LogP contribution is 2.35. The maximum absolute atomic E-state index is 13.1. The molecule has 7 nitrogen and oxygen atoms in total. The first kappa shape index (κ1) is 14.6. The van der Waals surface area contributed by atoms with Crippen LogP contribution in [0.4, 0.5) is 16.0 Å². The van der Waals surface area contributed by atoms with Gasteiger partial charge < -0.3 is 9.80 Å². The average molecular weight is 339 g/mol. The van der Waals surface area contributed by atoms with Gasteiger partial charge in [-0.2, -0.15) is 4.52 Å². The van der Waals surface area contributed by atoms with E-state index in [-0.39, 0.29) is 5.82 Å². The van der Waals surface area contributed by atoms with Crippen molar-refractivity contribution in [2.24, 2.45) is 11.8 Å². The van der Waals surface area contributed by atoms with Crippen molar-refractivity contribution in [2.75, 3.05) is 36.0 Å². The maximum atomic E-state index is 13.1. The van der Waals surface area contributed by atoms with Crippen molar-refractivity contribution >= 4 is 17.3 Å². The molecule has 8 heteroatoms. The van der Waals surface area contributed by atoms with Crippen molar-refractivity contribution in [3.8, 4) is 0 Å². The molecule has 2 fully saturated rings. The van der Waals surface area contributed by atoms with Crippen molar-refractivity contribution in [1.82, 2.24) is 24.8 Å². The molecule has 2 atom stereocenters. The van der Waals surface area contributed by atoms with Gasteiger partial charge in [-0.15, -0.1) is 15.3 Å². The Morgan fingerprint density at radius 1 is 0.920 bits per heavy atom. The number of aryl methyl sites for hydroxylation is 1. The number of nitrogens with zero attached hydrogens (tertiary/aromatic N) is 7. The standard InChI is InChI=1S/C17H18FN7/c1-11-20-21-16-4-5-17(22-25(11)16)24-9-12-7-23(8-13(12)10-24)15-3-2-14(18)6-19-15/h2-6,12-13H,7-10H2,1H3. The molecule has 3 aromatic heterocycles. The monoisotopic (exact) mass is 339 g/mol. The van der Waals surface area contributed by atoms with E-state index in [0.29, 0.717) is 11.8 Å². The van der Waals surface area contributed by atoms with Crippen molar-refractivity contribution in [1.29, 1.82) is 0 Å². The fraction of sp³-hybridized carbons (Fsp3) is 0.412. The molecule has 128 valence electrons. The first-order valence-electron chi connectivity index (χ1n) is 8.48. The minimum Gasteiger partial charge on any atom is -0.356 e. The third kappa shape index (κ3) is 2.40. The van der Waals surface area contributed by atoms with E-state index >= 15 is 0 Å². The minimum absolute atomic E-state index is 0.292. The predicted octanol–water partition coefficient (Wildman–Crippen LogP) is 1.54. The zero-order chi connectivity index (χ0) is 17.0. The third-order valence-electron chi connectivity index (χ3n) is 5.25. The summed E-state index contributed by atoms with van der Waals surface area (Å²) >= 11 is 0. The number of rotatable bonds is 2. The van der Waals surface area contributed by atoms with E-state index < -0.39 is 0 Å². The normalized spacial score (nSPS) is 22.8. The Kier molecular flexibility index (Phi) is 3.13. The number of pyridine rings is 1.